The third kappa shape index (κ3) is 2.84. The van der Waals surface area contributed by atoms with Crippen molar-refractivity contribution in [2.75, 3.05) is 0 Å². The second-order valence-corrected chi connectivity index (χ2v) is 7.30. The molecule has 2 aliphatic carbocycles. The van der Waals surface area contributed by atoms with E-state index in [-0.39, 0.29) is 5.91 Å². The first kappa shape index (κ1) is 14.6. The van der Waals surface area contributed by atoms with Crippen molar-refractivity contribution in [3.63, 3.8) is 0 Å². The van der Waals surface area contributed by atoms with Crippen LogP contribution in [0.3, 0.4) is 0 Å². The van der Waals surface area contributed by atoms with E-state index in [1.165, 1.54) is 29.7 Å². The molecule has 0 unspecified atom stereocenters. The highest BCUT2D eigenvalue weighted by molar-refractivity contribution is 7.14. The molecule has 0 atom stereocenters. The number of aryl methyl sites for hydroxylation is 2. The largest absolute Gasteiger partial charge is 0.480 e. The fourth-order valence-electron chi connectivity index (χ4n) is 3.43. The summed E-state index contributed by atoms with van der Waals surface area (Å²) < 4.78 is 0. The molecular weight excluding hydrogens is 286 g/mol. The molecule has 5 heteroatoms. The normalized spacial score (nSPS) is 20.6. The lowest BCUT2D eigenvalue weighted by atomic mass is 9.98. The monoisotopic (exact) mass is 307 g/mol. The van der Waals surface area contributed by atoms with Crippen LogP contribution in [0.5, 0.6) is 0 Å². The maximum atomic E-state index is 12.5. The summed E-state index contributed by atoms with van der Waals surface area (Å²) in [7, 11) is 0. The van der Waals surface area contributed by atoms with Gasteiger partial charge in [-0.25, -0.2) is 4.79 Å². The first-order valence-corrected chi connectivity index (χ1v) is 8.60. The van der Waals surface area contributed by atoms with Crippen molar-refractivity contribution >= 4 is 23.2 Å². The first-order valence-electron chi connectivity index (χ1n) is 7.78. The molecule has 0 aromatic carbocycles. The Morgan fingerprint density at radius 3 is 2.52 bits per heavy atom. The Labute approximate surface area is 128 Å². The Hall–Kier alpha value is -1.36. The Balaban J connectivity index is 1.78. The number of rotatable bonds is 3. The molecule has 2 aliphatic rings. The standard InChI is InChI=1S/C16H21NO3S/c18-14(17-16(15(19)20)8-4-5-9-16)13-10-11-6-2-1-3-7-12(11)21-13/h10H,1-9H2,(H,17,18)(H,19,20). The summed E-state index contributed by atoms with van der Waals surface area (Å²) >= 11 is 1.55. The summed E-state index contributed by atoms with van der Waals surface area (Å²) in [5.74, 6) is -1.11. The lowest BCUT2D eigenvalue weighted by Crippen LogP contribution is -2.52. The molecule has 1 aromatic heterocycles. The summed E-state index contributed by atoms with van der Waals surface area (Å²) in [5, 5.41) is 12.3. The van der Waals surface area contributed by atoms with Gasteiger partial charge in [0, 0.05) is 4.88 Å². The van der Waals surface area contributed by atoms with Crippen LogP contribution in [-0.2, 0) is 17.6 Å². The van der Waals surface area contributed by atoms with Gasteiger partial charge in [-0.05, 0) is 50.2 Å². The quantitative estimate of drug-likeness (QED) is 0.843. The molecule has 1 fully saturated rings. The molecule has 114 valence electrons. The summed E-state index contributed by atoms with van der Waals surface area (Å²) in [4.78, 5) is 26.0. The van der Waals surface area contributed by atoms with Gasteiger partial charge in [0.05, 0.1) is 4.88 Å². The molecule has 0 saturated heterocycles. The summed E-state index contributed by atoms with van der Waals surface area (Å²) in [6.07, 6.45) is 8.54. The van der Waals surface area contributed by atoms with E-state index >= 15 is 0 Å². The second kappa shape index (κ2) is 5.79. The van der Waals surface area contributed by atoms with Crippen LogP contribution in [-0.4, -0.2) is 22.5 Å². The van der Waals surface area contributed by atoms with E-state index in [1.54, 1.807) is 11.3 Å². The Kier molecular flexibility index (Phi) is 4.02. The Bertz CT molecular complexity index is 534. The molecular formula is C16H21NO3S. The van der Waals surface area contributed by atoms with Gasteiger partial charge < -0.3 is 10.4 Å². The van der Waals surface area contributed by atoms with E-state index < -0.39 is 11.5 Å². The van der Waals surface area contributed by atoms with Crippen LogP contribution in [0.4, 0.5) is 0 Å². The average molecular weight is 307 g/mol. The van der Waals surface area contributed by atoms with Gasteiger partial charge in [-0.1, -0.05) is 19.3 Å². The second-order valence-electron chi connectivity index (χ2n) is 6.17. The Morgan fingerprint density at radius 1 is 1.10 bits per heavy atom. The molecule has 21 heavy (non-hydrogen) atoms. The van der Waals surface area contributed by atoms with E-state index in [1.807, 2.05) is 6.07 Å². The SMILES string of the molecule is O=C(NC1(C(=O)O)CCCC1)c1cc2c(s1)CCCCC2. The Morgan fingerprint density at radius 2 is 1.81 bits per heavy atom. The van der Waals surface area contributed by atoms with E-state index in [9.17, 15) is 14.7 Å². The summed E-state index contributed by atoms with van der Waals surface area (Å²) in [6, 6.07) is 1.98. The van der Waals surface area contributed by atoms with Crippen LogP contribution < -0.4 is 5.32 Å². The molecule has 1 heterocycles. The van der Waals surface area contributed by atoms with Crippen LogP contribution in [0.2, 0.25) is 0 Å². The van der Waals surface area contributed by atoms with Crippen LogP contribution in [0.25, 0.3) is 0 Å². The predicted octanol–water partition coefficient (Wildman–Crippen LogP) is 3.14. The van der Waals surface area contributed by atoms with Crippen molar-refractivity contribution < 1.29 is 14.7 Å². The first-order chi connectivity index (χ1) is 10.1. The van der Waals surface area contributed by atoms with Crippen molar-refractivity contribution in [2.24, 2.45) is 0 Å². The number of carbonyl (C=O) groups excluding carboxylic acids is 1. The minimum atomic E-state index is -1.04. The third-order valence-electron chi connectivity index (χ3n) is 4.69. The zero-order valence-electron chi connectivity index (χ0n) is 12.1. The molecule has 4 nitrogen and oxygen atoms in total. The van der Waals surface area contributed by atoms with Crippen LogP contribution in [0.15, 0.2) is 6.07 Å². The number of carbonyl (C=O) groups is 2. The number of fused-ring (bicyclic) bond motifs is 1. The maximum Gasteiger partial charge on any atom is 0.329 e. The topological polar surface area (TPSA) is 66.4 Å². The third-order valence-corrected chi connectivity index (χ3v) is 5.93. The molecule has 3 rings (SSSR count). The van der Waals surface area contributed by atoms with Gasteiger partial charge in [-0.2, -0.15) is 0 Å². The van der Waals surface area contributed by atoms with Gasteiger partial charge in [-0.15, -0.1) is 11.3 Å². The molecule has 0 radical (unpaired) electrons. The van der Waals surface area contributed by atoms with Crippen molar-refractivity contribution in [1.29, 1.82) is 0 Å². The lowest BCUT2D eigenvalue weighted by molar-refractivity contribution is -0.144. The number of carboxylic acid groups (broad SMARTS) is 1. The fourth-order valence-corrected chi connectivity index (χ4v) is 4.58. The van der Waals surface area contributed by atoms with Crippen molar-refractivity contribution in [3.8, 4) is 0 Å². The van der Waals surface area contributed by atoms with E-state index in [0.29, 0.717) is 17.7 Å². The minimum absolute atomic E-state index is 0.211. The van der Waals surface area contributed by atoms with E-state index in [0.717, 1.165) is 25.7 Å². The molecule has 1 aromatic rings. The number of aliphatic carboxylic acids is 1. The van der Waals surface area contributed by atoms with Gasteiger partial charge >= 0.3 is 5.97 Å². The number of hydrogen-bond acceptors (Lipinski definition) is 3. The van der Waals surface area contributed by atoms with Gasteiger partial charge in [0.15, 0.2) is 0 Å². The van der Waals surface area contributed by atoms with Gasteiger partial charge in [0.25, 0.3) is 5.91 Å². The highest BCUT2D eigenvalue weighted by atomic mass is 32.1. The van der Waals surface area contributed by atoms with Crippen molar-refractivity contribution in [3.05, 3.63) is 21.4 Å². The van der Waals surface area contributed by atoms with Crippen molar-refractivity contribution in [2.45, 2.75) is 63.3 Å². The fraction of sp³-hybridized carbons (Fsp3) is 0.625. The molecule has 1 saturated carbocycles. The lowest BCUT2D eigenvalue weighted by Gasteiger charge is -2.24. The number of carboxylic acids is 1. The minimum Gasteiger partial charge on any atom is -0.480 e. The zero-order chi connectivity index (χ0) is 14.9. The molecule has 0 spiro atoms. The van der Waals surface area contributed by atoms with E-state index in [2.05, 4.69) is 5.32 Å². The zero-order valence-corrected chi connectivity index (χ0v) is 12.9. The van der Waals surface area contributed by atoms with Gasteiger partial charge in [0.1, 0.15) is 5.54 Å². The summed E-state index contributed by atoms with van der Waals surface area (Å²) in [5.41, 5.74) is 0.247. The predicted molar refractivity (Wildman–Crippen MR) is 81.9 cm³/mol. The van der Waals surface area contributed by atoms with Gasteiger partial charge in [0.2, 0.25) is 0 Å². The maximum absolute atomic E-state index is 12.5. The molecule has 0 bridgehead atoms. The smallest absolute Gasteiger partial charge is 0.329 e. The van der Waals surface area contributed by atoms with Gasteiger partial charge in [-0.3, -0.25) is 4.79 Å². The van der Waals surface area contributed by atoms with Crippen LogP contribution >= 0.6 is 11.3 Å². The highest BCUT2D eigenvalue weighted by Crippen LogP contribution is 2.32. The number of thiophene rings is 1. The summed E-state index contributed by atoms with van der Waals surface area (Å²) in [6.45, 7) is 0. The number of hydrogen-bond donors (Lipinski definition) is 2. The number of nitrogens with one attached hydrogen (secondary N) is 1. The average Bonchev–Trinajstić information content (AvgIpc) is 3.02. The molecule has 2 N–H and O–H groups in total. The highest BCUT2D eigenvalue weighted by Gasteiger charge is 2.43. The van der Waals surface area contributed by atoms with Crippen molar-refractivity contribution in [1.82, 2.24) is 5.32 Å². The van der Waals surface area contributed by atoms with Crippen LogP contribution in [0, 0.1) is 0 Å². The van der Waals surface area contributed by atoms with E-state index in [4.69, 9.17) is 0 Å². The molecule has 1 amide bonds. The number of amides is 1. The van der Waals surface area contributed by atoms with Crippen LogP contribution in [0.1, 0.15) is 65.1 Å². The molecule has 0 aliphatic heterocycles.